The number of fused-ring (bicyclic) bond motifs is 2. The van der Waals surface area contributed by atoms with Gasteiger partial charge in [-0.15, -0.1) is 0 Å². The molecule has 1 N–H and O–H groups in total. The second kappa shape index (κ2) is 9.57. The van der Waals surface area contributed by atoms with Gasteiger partial charge in [-0.1, -0.05) is 28.1 Å². The molecule has 6 fully saturated rings. The van der Waals surface area contributed by atoms with Crippen LogP contribution in [0.5, 0.6) is 0 Å². The summed E-state index contributed by atoms with van der Waals surface area (Å²) in [7, 11) is 0. The first-order chi connectivity index (χ1) is 17.6. The Bertz CT molecular complexity index is 956. The van der Waals surface area contributed by atoms with Crippen LogP contribution in [0.2, 0.25) is 0 Å². The van der Waals surface area contributed by atoms with Crippen molar-refractivity contribution in [1.29, 1.82) is 0 Å². The first kappa shape index (κ1) is 24.0. The molecule has 1 spiro atoms. The number of amides is 2. The van der Waals surface area contributed by atoms with Gasteiger partial charge in [0.15, 0.2) is 0 Å². The van der Waals surface area contributed by atoms with Crippen molar-refractivity contribution in [3.63, 3.8) is 0 Å². The number of urea groups is 1. The number of ether oxygens (including phenoxy) is 1. The van der Waals surface area contributed by atoms with Gasteiger partial charge in [0, 0.05) is 42.1 Å². The summed E-state index contributed by atoms with van der Waals surface area (Å²) in [4.78, 5) is 18.2. The van der Waals surface area contributed by atoms with E-state index >= 15 is 0 Å². The van der Waals surface area contributed by atoms with Gasteiger partial charge in [0.2, 0.25) is 0 Å². The van der Waals surface area contributed by atoms with Crippen molar-refractivity contribution in [2.45, 2.75) is 75.2 Å². The fourth-order valence-corrected chi connectivity index (χ4v) is 10.3. The van der Waals surface area contributed by atoms with E-state index in [1.54, 1.807) is 11.1 Å². The third kappa shape index (κ3) is 4.23. The fraction of sp³-hybridized carbons (Fsp3) is 0.767. The Morgan fingerprint density at radius 3 is 2.39 bits per heavy atom. The lowest BCUT2D eigenvalue weighted by molar-refractivity contribution is -0.0115. The molecule has 36 heavy (non-hydrogen) atoms. The summed E-state index contributed by atoms with van der Waals surface area (Å²) in [6, 6.07) is 7.49. The molecule has 4 bridgehead atoms. The van der Waals surface area contributed by atoms with E-state index in [0.29, 0.717) is 12.0 Å². The number of carbonyl (C=O) groups is 1. The zero-order chi connectivity index (χ0) is 24.3. The normalized spacial score (nSPS) is 36.9. The third-order valence-corrected chi connectivity index (χ3v) is 11.7. The molecule has 2 saturated heterocycles. The first-order valence-electron chi connectivity index (χ1n) is 14.7. The van der Waals surface area contributed by atoms with Crippen LogP contribution in [0.1, 0.15) is 74.8 Å². The highest BCUT2D eigenvalue weighted by molar-refractivity contribution is 9.10. The molecule has 0 radical (unpaired) electrons. The summed E-state index contributed by atoms with van der Waals surface area (Å²) in [6.45, 7) is 6.81. The van der Waals surface area contributed by atoms with Crippen molar-refractivity contribution < 1.29 is 9.53 Å². The quantitative estimate of drug-likeness (QED) is 0.531. The molecule has 7 aliphatic rings. The Morgan fingerprint density at radius 2 is 1.69 bits per heavy atom. The van der Waals surface area contributed by atoms with Crippen molar-refractivity contribution >= 4 is 22.0 Å². The van der Waals surface area contributed by atoms with E-state index < -0.39 is 0 Å². The average molecular weight is 557 g/mol. The van der Waals surface area contributed by atoms with E-state index in [9.17, 15) is 4.79 Å². The number of benzene rings is 1. The van der Waals surface area contributed by atoms with Gasteiger partial charge in [-0.25, -0.2) is 4.79 Å². The summed E-state index contributed by atoms with van der Waals surface area (Å²) >= 11 is 3.94. The molecule has 5 nitrogen and oxygen atoms in total. The number of hydrogen-bond donors (Lipinski definition) is 1. The van der Waals surface area contributed by atoms with Gasteiger partial charge in [0.1, 0.15) is 0 Å². The van der Waals surface area contributed by atoms with Crippen LogP contribution in [0, 0.1) is 23.7 Å². The summed E-state index contributed by atoms with van der Waals surface area (Å²) in [5, 5.41) is 3.57. The van der Waals surface area contributed by atoms with Crippen molar-refractivity contribution in [3.8, 4) is 0 Å². The molecule has 1 aromatic rings. The van der Waals surface area contributed by atoms with Gasteiger partial charge >= 0.3 is 6.03 Å². The SMILES string of the molecule is O=C(NC1C2CC3CC(C2)CC1C3)N1CCC2(CC1)CC(CCN1CCOCC1)c1cccc(Br)c12. The number of piperidine rings is 1. The summed E-state index contributed by atoms with van der Waals surface area (Å²) in [5.74, 6) is 4.01. The van der Waals surface area contributed by atoms with Gasteiger partial charge in [-0.2, -0.15) is 0 Å². The van der Waals surface area contributed by atoms with Crippen LogP contribution in [0.25, 0.3) is 0 Å². The number of carbonyl (C=O) groups excluding carboxylic acids is 1. The number of morpholine rings is 1. The van der Waals surface area contributed by atoms with Crippen molar-refractivity contribution in [1.82, 2.24) is 15.1 Å². The maximum atomic E-state index is 13.4. The lowest BCUT2D eigenvalue weighted by Crippen LogP contribution is -2.59. The molecular formula is C30H42BrN3O2. The smallest absolute Gasteiger partial charge is 0.317 e. The van der Waals surface area contributed by atoms with Crippen LogP contribution in [-0.4, -0.2) is 67.8 Å². The first-order valence-corrected chi connectivity index (χ1v) is 15.5. The molecule has 1 unspecified atom stereocenters. The molecule has 1 atom stereocenters. The summed E-state index contributed by atoms with van der Waals surface area (Å²) in [5.41, 5.74) is 3.33. The van der Waals surface area contributed by atoms with Crippen LogP contribution in [0.15, 0.2) is 22.7 Å². The van der Waals surface area contributed by atoms with Crippen molar-refractivity contribution in [2.24, 2.45) is 23.7 Å². The summed E-state index contributed by atoms with van der Waals surface area (Å²) in [6.07, 6.45) is 11.5. The van der Waals surface area contributed by atoms with Gasteiger partial charge in [-0.3, -0.25) is 4.90 Å². The monoisotopic (exact) mass is 555 g/mol. The number of likely N-dealkylation sites (tertiary alicyclic amines) is 1. The van der Waals surface area contributed by atoms with Gasteiger partial charge in [-0.05, 0) is 111 Å². The maximum absolute atomic E-state index is 13.4. The zero-order valence-electron chi connectivity index (χ0n) is 21.6. The van der Waals surface area contributed by atoms with E-state index in [-0.39, 0.29) is 11.4 Å². The molecule has 4 saturated carbocycles. The number of nitrogens with zero attached hydrogens (tertiary/aromatic N) is 2. The third-order valence-electron chi connectivity index (χ3n) is 11.1. The van der Waals surface area contributed by atoms with Gasteiger partial charge < -0.3 is 15.0 Å². The molecule has 5 aliphatic carbocycles. The maximum Gasteiger partial charge on any atom is 0.317 e. The Labute approximate surface area is 224 Å². The number of rotatable bonds is 4. The highest BCUT2D eigenvalue weighted by Crippen LogP contribution is 2.56. The Balaban J connectivity index is 1.01. The predicted molar refractivity (Wildman–Crippen MR) is 145 cm³/mol. The number of hydrogen-bond acceptors (Lipinski definition) is 3. The Morgan fingerprint density at radius 1 is 1.00 bits per heavy atom. The van der Waals surface area contributed by atoms with E-state index in [1.165, 1.54) is 49.4 Å². The second-order valence-corrected chi connectivity index (χ2v) is 13.9. The van der Waals surface area contributed by atoms with Gasteiger partial charge in [0.05, 0.1) is 13.2 Å². The van der Waals surface area contributed by atoms with E-state index in [4.69, 9.17) is 4.74 Å². The van der Waals surface area contributed by atoms with Crippen LogP contribution < -0.4 is 5.32 Å². The minimum Gasteiger partial charge on any atom is -0.379 e. The molecule has 1 aromatic carbocycles. The number of nitrogens with one attached hydrogen (secondary N) is 1. The van der Waals surface area contributed by atoms with E-state index in [1.807, 2.05) is 0 Å². The summed E-state index contributed by atoms with van der Waals surface area (Å²) < 4.78 is 6.83. The van der Waals surface area contributed by atoms with Crippen LogP contribution in [-0.2, 0) is 10.2 Å². The Kier molecular flexibility index (Phi) is 6.37. The largest absolute Gasteiger partial charge is 0.379 e. The zero-order valence-corrected chi connectivity index (χ0v) is 23.2. The number of halogens is 1. The predicted octanol–water partition coefficient (Wildman–Crippen LogP) is 5.53. The standard InChI is InChI=1S/C30H42BrN3O2/c31-26-3-1-2-25-22(4-7-33-10-12-36-13-11-33)19-30(27(25)26)5-8-34(9-6-30)29(35)32-28-23-15-20-14-21(17-23)18-24(28)16-20/h1-3,20-24,28H,4-19H2,(H,32,35). The highest BCUT2D eigenvalue weighted by Gasteiger charge is 2.50. The van der Waals surface area contributed by atoms with E-state index in [2.05, 4.69) is 49.2 Å². The molecule has 196 valence electrons. The minimum atomic E-state index is 0.213. The van der Waals surface area contributed by atoms with Crippen LogP contribution in [0.4, 0.5) is 4.79 Å². The molecule has 6 heteroatoms. The highest BCUT2D eigenvalue weighted by atomic mass is 79.9. The van der Waals surface area contributed by atoms with Crippen molar-refractivity contribution in [3.05, 3.63) is 33.8 Å². The fourth-order valence-electron chi connectivity index (χ4n) is 9.53. The lowest BCUT2D eigenvalue weighted by atomic mass is 9.54. The van der Waals surface area contributed by atoms with Crippen LogP contribution in [0.3, 0.4) is 0 Å². The molecule has 2 amide bonds. The molecule has 2 aliphatic heterocycles. The molecular weight excluding hydrogens is 514 g/mol. The molecule has 8 rings (SSSR count). The van der Waals surface area contributed by atoms with E-state index in [0.717, 1.165) is 82.5 Å². The minimum absolute atomic E-state index is 0.213. The average Bonchev–Trinajstić information content (AvgIpc) is 3.19. The second-order valence-electron chi connectivity index (χ2n) is 13.0. The lowest BCUT2D eigenvalue weighted by Gasteiger charge is -2.54. The topological polar surface area (TPSA) is 44.8 Å². The molecule has 0 aromatic heterocycles. The van der Waals surface area contributed by atoms with Crippen molar-refractivity contribution in [2.75, 3.05) is 45.9 Å². The van der Waals surface area contributed by atoms with Gasteiger partial charge in [0.25, 0.3) is 0 Å². The van der Waals surface area contributed by atoms with Crippen LogP contribution >= 0.6 is 15.9 Å². The Hall–Kier alpha value is -1.11. The molecule has 2 heterocycles.